The molecule has 0 aromatic heterocycles. The van der Waals surface area contributed by atoms with Crippen molar-refractivity contribution in [1.82, 2.24) is 9.80 Å². The minimum Gasteiger partial charge on any atom is -0.705 e. The average Bonchev–Trinajstić information content (AvgIpc) is 2.47. The molecule has 0 aromatic rings. The number of allylic oxidation sites excluding steroid dienone is 4. The second-order valence-electron chi connectivity index (χ2n) is 3.61. The van der Waals surface area contributed by atoms with Crippen LogP contribution in [0.5, 0.6) is 0 Å². The first-order chi connectivity index (χ1) is 9.62. The van der Waals surface area contributed by atoms with Gasteiger partial charge in [-0.15, -0.1) is 0 Å². The smallest absolute Gasteiger partial charge is 0 e. The second-order valence-corrected chi connectivity index (χ2v) is 3.61. The van der Waals surface area contributed by atoms with Gasteiger partial charge in [-0.05, 0) is 0 Å². The van der Waals surface area contributed by atoms with Gasteiger partial charge in [0.25, 0.3) is 0 Å². The van der Waals surface area contributed by atoms with Crippen LogP contribution in [0.2, 0.25) is 0 Å². The Labute approximate surface area is 252 Å². The molecule has 0 aliphatic carbocycles. The first-order valence-corrected chi connectivity index (χ1v) is 6.58. The molecule has 0 fully saturated rings. The van der Waals surface area contributed by atoms with Crippen molar-refractivity contribution < 1.29 is 131 Å². The van der Waals surface area contributed by atoms with Crippen LogP contribution in [0.25, 0.3) is 0 Å². The molecule has 0 bridgehead atoms. The van der Waals surface area contributed by atoms with Gasteiger partial charge in [-0.1, -0.05) is 14.1 Å². The summed E-state index contributed by atoms with van der Waals surface area (Å²) in [5.41, 5.74) is 0. The third kappa shape index (κ3) is 39.9. The van der Waals surface area contributed by atoms with E-state index in [1.54, 1.807) is 9.80 Å². The predicted octanol–water partition coefficient (Wildman–Crippen LogP) is 3.99. The van der Waals surface area contributed by atoms with E-state index in [2.05, 4.69) is 52.5 Å². The number of hydrogen-bond acceptors (Lipinski definition) is 2. The van der Waals surface area contributed by atoms with Crippen LogP contribution in [0, 0.1) is 52.5 Å². The summed E-state index contributed by atoms with van der Waals surface area (Å²) in [7, 11) is 3.75. The molecule has 0 saturated heterocycles. The molecule has 0 spiro atoms. The minimum absolute atomic E-state index is 0. The fraction of sp³-hybridized carbons (Fsp3) is 0.333. The van der Waals surface area contributed by atoms with E-state index in [1.165, 1.54) is 0 Å². The third-order valence-electron chi connectivity index (χ3n) is 1.72. The van der Waals surface area contributed by atoms with Gasteiger partial charge in [-0.25, -0.2) is 0 Å². The third-order valence-corrected chi connectivity index (χ3v) is 1.72. The van der Waals surface area contributed by atoms with Crippen molar-refractivity contribution in [3.05, 3.63) is 76.8 Å². The van der Waals surface area contributed by atoms with Crippen LogP contribution in [-0.2, 0) is 131 Å². The zero-order valence-corrected chi connectivity index (χ0v) is 26.5. The Bertz CT molecular complexity index is 245. The van der Waals surface area contributed by atoms with Crippen molar-refractivity contribution in [3.63, 3.8) is 0 Å². The fourth-order valence-corrected chi connectivity index (χ4v) is 0.880. The van der Waals surface area contributed by atoms with Crippen LogP contribution in [-0.4, -0.2) is 23.9 Å². The quantitative estimate of drug-likeness (QED) is 0.298. The van der Waals surface area contributed by atoms with E-state index in [4.69, 9.17) is 0 Å². The molecule has 0 amide bonds. The van der Waals surface area contributed by atoms with E-state index < -0.39 is 0 Å². The molecule has 0 N–H and O–H groups in total. The van der Waals surface area contributed by atoms with Crippen LogP contribution >= 0.6 is 0 Å². The van der Waals surface area contributed by atoms with Gasteiger partial charge in [0.15, 0.2) is 0 Å². The van der Waals surface area contributed by atoms with Gasteiger partial charge in [0, 0.05) is 131 Å². The Morgan fingerprint density at radius 2 is 0.708 bits per heavy atom. The van der Waals surface area contributed by atoms with E-state index in [0.29, 0.717) is 0 Å². The van der Waals surface area contributed by atoms with Crippen LogP contribution in [0.15, 0.2) is 24.3 Å². The predicted molar refractivity (Wildman–Crippen MR) is 86.7 cm³/mol. The maximum absolute atomic E-state index is 3.64. The van der Waals surface area contributed by atoms with Crippen molar-refractivity contribution in [1.29, 1.82) is 0 Å². The first kappa shape index (κ1) is 41.4. The molecule has 0 aromatic carbocycles. The molecular formula is C18H26N2Y4-8. The molecule has 0 unspecified atom stereocenters. The van der Waals surface area contributed by atoms with Crippen LogP contribution in [0.4, 0.5) is 0 Å². The fourth-order valence-electron chi connectivity index (χ4n) is 0.880. The van der Waals surface area contributed by atoms with Gasteiger partial charge >= 0.3 is 0 Å². The van der Waals surface area contributed by atoms with Crippen LogP contribution in [0.3, 0.4) is 0 Å². The molecule has 0 atom stereocenters. The molecule has 0 heterocycles. The Morgan fingerprint density at radius 3 is 0.833 bits per heavy atom. The number of rotatable bonds is 8. The first-order valence-electron chi connectivity index (χ1n) is 6.58. The molecule has 24 heavy (non-hydrogen) atoms. The maximum Gasteiger partial charge on any atom is 0 e. The Morgan fingerprint density at radius 1 is 0.542 bits per heavy atom. The maximum atomic E-state index is 3.64. The summed E-state index contributed by atoms with van der Waals surface area (Å²) in [6.45, 7) is 14.6. The van der Waals surface area contributed by atoms with E-state index >= 15 is 0 Å². The molecule has 0 saturated carbocycles. The molecular weight excluding hydrogens is 600 g/mol. The van der Waals surface area contributed by atoms with Crippen molar-refractivity contribution in [2.45, 2.75) is 25.7 Å². The SMILES string of the molecule is [CH2-]CC=[C-]N(C)[C-]=CC[CH2-].[CH2-]CC=[C-]N(C)[C-]=CC[CH2-].[Y].[Y].[Y].[Y]. The van der Waals surface area contributed by atoms with Gasteiger partial charge in [0.1, 0.15) is 0 Å². The Balaban J connectivity index is -0.0000000579. The van der Waals surface area contributed by atoms with Gasteiger partial charge in [0.05, 0.1) is 0 Å². The van der Waals surface area contributed by atoms with E-state index in [9.17, 15) is 0 Å². The Kier molecular flexibility index (Phi) is 63.5. The molecule has 4 radical (unpaired) electrons. The average molecular weight is 626 g/mol. The minimum atomic E-state index is 0. The van der Waals surface area contributed by atoms with Crippen molar-refractivity contribution >= 4 is 0 Å². The van der Waals surface area contributed by atoms with Gasteiger partial charge < -0.3 is 62.3 Å². The summed E-state index contributed by atoms with van der Waals surface area (Å²) < 4.78 is 0. The largest absolute Gasteiger partial charge is 0.705 e. The molecule has 128 valence electrons. The summed E-state index contributed by atoms with van der Waals surface area (Å²) in [5, 5.41) is 0. The number of hydrogen-bond donors (Lipinski definition) is 0. The zero-order chi connectivity index (χ0) is 15.6. The standard InChI is InChI=1S/2C9H13N.4Y/c2*1-4-6-8-10(3)9-7-5-2;;;;/h2*6-7H,1-2,4-5H2,3H3;;;;/q2*-4;;;;. The normalized spacial score (nSPS) is 9.58. The number of nitrogens with zero attached hydrogens (tertiary/aromatic N) is 2. The summed E-state index contributed by atoms with van der Waals surface area (Å²) in [4.78, 5) is 3.46. The van der Waals surface area contributed by atoms with Crippen LogP contribution in [0.1, 0.15) is 25.7 Å². The molecule has 0 aliphatic rings. The summed E-state index contributed by atoms with van der Waals surface area (Å²) in [6, 6.07) is 0. The summed E-state index contributed by atoms with van der Waals surface area (Å²) in [5.74, 6) is 0. The van der Waals surface area contributed by atoms with Crippen molar-refractivity contribution in [3.8, 4) is 0 Å². The summed E-state index contributed by atoms with van der Waals surface area (Å²) in [6.07, 6.45) is 22.2. The van der Waals surface area contributed by atoms with Gasteiger partial charge in [0.2, 0.25) is 0 Å². The monoisotopic (exact) mass is 626 g/mol. The van der Waals surface area contributed by atoms with Gasteiger partial charge in [-0.2, -0.15) is 25.7 Å². The van der Waals surface area contributed by atoms with E-state index in [1.807, 2.05) is 38.4 Å². The zero-order valence-electron chi connectivity index (χ0n) is 15.2. The molecule has 6 heteroatoms. The van der Waals surface area contributed by atoms with E-state index in [-0.39, 0.29) is 131 Å². The summed E-state index contributed by atoms with van der Waals surface area (Å²) >= 11 is 0. The topological polar surface area (TPSA) is 6.48 Å². The van der Waals surface area contributed by atoms with Crippen molar-refractivity contribution in [2.24, 2.45) is 0 Å². The Hall–Kier alpha value is 2.98. The van der Waals surface area contributed by atoms with E-state index in [0.717, 1.165) is 25.7 Å². The molecule has 0 rings (SSSR count). The molecule has 0 aliphatic heterocycles. The second kappa shape index (κ2) is 36.8. The van der Waals surface area contributed by atoms with Crippen molar-refractivity contribution in [2.75, 3.05) is 14.1 Å². The van der Waals surface area contributed by atoms with Crippen LogP contribution < -0.4 is 0 Å². The van der Waals surface area contributed by atoms with Gasteiger partial charge in [-0.3, -0.25) is 24.3 Å². The molecule has 2 nitrogen and oxygen atoms in total.